The van der Waals surface area contributed by atoms with E-state index in [1.54, 1.807) is 0 Å². The van der Waals surface area contributed by atoms with Gasteiger partial charge in [0.2, 0.25) is 0 Å². The number of hydrogen-bond acceptors (Lipinski definition) is 0. The number of H-pyrrole nitrogens is 1. The van der Waals surface area contributed by atoms with Gasteiger partial charge in [-0.15, -0.1) is 0 Å². The maximum absolute atomic E-state index is 9.75. The summed E-state index contributed by atoms with van der Waals surface area (Å²) >= 11 is 0. The fraction of sp³-hybridized carbons (Fsp3) is 0. The molecule has 0 amide bonds. The Bertz CT molecular complexity index is 359. The molecule has 1 aromatic heterocycles. The number of rotatable bonds is 0. The van der Waals surface area contributed by atoms with Crippen molar-refractivity contribution in [2.75, 3.05) is 0 Å². The van der Waals surface area contributed by atoms with Crippen LogP contribution in [0.4, 0.5) is 17.3 Å². The molecule has 0 aliphatic carbocycles. The zero-order chi connectivity index (χ0) is 10.6. The number of para-hydroxylation sites is 1. The van der Waals surface area contributed by atoms with E-state index in [1.165, 1.54) is 10.9 Å². The number of fused-ring (bicyclic) bond motifs is 1. The van der Waals surface area contributed by atoms with Gasteiger partial charge in [-0.05, 0) is 17.5 Å². The van der Waals surface area contributed by atoms with E-state index in [0.29, 0.717) is 0 Å². The molecule has 76 valence electrons. The Labute approximate surface area is 77.8 Å². The van der Waals surface area contributed by atoms with E-state index in [-0.39, 0.29) is 0 Å². The van der Waals surface area contributed by atoms with E-state index in [2.05, 4.69) is 23.2 Å². The van der Waals surface area contributed by atoms with Crippen molar-refractivity contribution in [3.05, 3.63) is 36.5 Å². The Morgan fingerprint density at radius 1 is 0.929 bits per heavy atom. The van der Waals surface area contributed by atoms with Crippen molar-refractivity contribution in [3.8, 4) is 0 Å². The number of halogens is 4. The minimum absolute atomic E-state index is 1.21. The van der Waals surface area contributed by atoms with Crippen molar-refractivity contribution in [3.63, 3.8) is 0 Å². The molecule has 0 fully saturated rings. The molecule has 0 atom stereocenters. The topological polar surface area (TPSA) is 15.8 Å². The van der Waals surface area contributed by atoms with Gasteiger partial charge in [-0.3, -0.25) is 0 Å². The molecule has 1 heterocycles. The van der Waals surface area contributed by atoms with Gasteiger partial charge in [-0.2, -0.15) is 0 Å². The molecule has 1 N–H and O–H groups in total. The summed E-state index contributed by atoms with van der Waals surface area (Å²) in [5.41, 5.74) is 1.21. The first kappa shape index (κ1) is 10.6. The molecule has 1 aromatic carbocycles. The average Bonchev–Trinajstić information content (AvgIpc) is 2.47. The van der Waals surface area contributed by atoms with Crippen LogP contribution in [0.2, 0.25) is 0 Å². The van der Waals surface area contributed by atoms with Crippen LogP contribution in [0, 0.1) is 0 Å². The van der Waals surface area contributed by atoms with Crippen molar-refractivity contribution >= 4 is 18.2 Å². The maximum Gasteiger partial charge on any atom is 0.673 e. The van der Waals surface area contributed by atoms with Crippen LogP contribution in [0.15, 0.2) is 36.5 Å². The number of nitrogens with one attached hydrogen (secondary N) is 1. The van der Waals surface area contributed by atoms with Gasteiger partial charge in [-0.25, -0.2) is 0 Å². The summed E-state index contributed by atoms with van der Waals surface area (Å²) in [6, 6.07) is 10.3. The largest absolute Gasteiger partial charge is 0.673 e. The summed E-state index contributed by atoms with van der Waals surface area (Å²) in [5.74, 6) is 0. The van der Waals surface area contributed by atoms with Crippen LogP contribution >= 0.6 is 0 Å². The summed E-state index contributed by atoms with van der Waals surface area (Å²) in [6.45, 7) is 0. The lowest BCUT2D eigenvalue weighted by atomic mass is 10.3. The van der Waals surface area contributed by atoms with Crippen molar-refractivity contribution in [1.82, 2.24) is 4.98 Å². The van der Waals surface area contributed by atoms with Crippen LogP contribution in [0.5, 0.6) is 0 Å². The number of hydrogen-bond donors (Lipinski definition) is 1. The summed E-state index contributed by atoms with van der Waals surface area (Å²) < 4.78 is 39.0. The zero-order valence-electron chi connectivity index (χ0n) is 7.05. The van der Waals surface area contributed by atoms with Crippen molar-refractivity contribution in [2.45, 2.75) is 0 Å². The normalized spacial score (nSPS) is 10.9. The molecule has 0 aliphatic heterocycles. The molecule has 2 aromatic rings. The molecule has 1 nitrogen and oxygen atoms in total. The summed E-state index contributed by atoms with van der Waals surface area (Å²) in [4.78, 5) is 3.12. The highest BCUT2D eigenvalue weighted by atomic mass is 19.5. The minimum Gasteiger partial charge on any atom is -0.418 e. The standard InChI is InChI=1S/C8H7N.BF4/c1-2-4-8-7(3-1)5-6-9-8;2-1(3,4)5/h1-6,9H;/q;-1. The van der Waals surface area contributed by atoms with E-state index in [9.17, 15) is 17.3 Å². The van der Waals surface area contributed by atoms with Crippen LogP contribution in [0.3, 0.4) is 0 Å². The van der Waals surface area contributed by atoms with Gasteiger partial charge >= 0.3 is 7.25 Å². The fourth-order valence-corrected chi connectivity index (χ4v) is 0.995. The maximum atomic E-state index is 9.75. The monoisotopic (exact) mass is 204 g/mol. The van der Waals surface area contributed by atoms with Crippen LogP contribution < -0.4 is 0 Å². The highest BCUT2D eigenvalue weighted by molar-refractivity contribution is 6.50. The second kappa shape index (κ2) is 4.17. The van der Waals surface area contributed by atoms with Crippen LogP contribution in [0.1, 0.15) is 0 Å². The van der Waals surface area contributed by atoms with Crippen LogP contribution in [0.25, 0.3) is 10.9 Å². The predicted octanol–water partition coefficient (Wildman–Crippen LogP) is 3.47. The molecule has 0 aliphatic rings. The number of aromatic amines is 1. The first-order chi connectivity index (χ1) is 6.47. The van der Waals surface area contributed by atoms with Crippen LogP contribution in [-0.2, 0) is 0 Å². The molecule has 0 unspecified atom stereocenters. The molecule has 14 heavy (non-hydrogen) atoms. The molecule has 0 spiro atoms. The fourth-order valence-electron chi connectivity index (χ4n) is 0.995. The minimum atomic E-state index is -6.00. The Morgan fingerprint density at radius 3 is 2.07 bits per heavy atom. The summed E-state index contributed by atoms with van der Waals surface area (Å²) in [7, 11) is -6.00. The smallest absolute Gasteiger partial charge is 0.418 e. The van der Waals surface area contributed by atoms with E-state index >= 15 is 0 Å². The molecule has 0 saturated carbocycles. The van der Waals surface area contributed by atoms with Gasteiger partial charge in [-0.1, -0.05) is 18.2 Å². The summed E-state index contributed by atoms with van der Waals surface area (Å²) in [6.07, 6.45) is 1.95. The van der Waals surface area contributed by atoms with Gasteiger partial charge in [0.25, 0.3) is 0 Å². The van der Waals surface area contributed by atoms with Gasteiger partial charge < -0.3 is 22.2 Å². The first-order valence-electron chi connectivity index (χ1n) is 3.86. The molecular formula is C8H7BF4N-. The van der Waals surface area contributed by atoms with Gasteiger partial charge in [0.15, 0.2) is 0 Å². The van der Waals surface area contributed by atoms with Crippen molar-refractivity contribution in [1.29, 1.82) is 0 Å². The van der Waals surface area contributed by atoms with E-state index in [1.807, 2.05) is 18.3 Å². The molecule has 0 bridgehead atoms. The number of benzene rings is 1. The quantitative estimate of drug-likeness (QED) is 0.499. The lowest BCUT2D eigenvalue weighted by Gasteiger charge is -1.94. The van der Waals surface area contributed by atoms with Gasteiger partial charge in [0, 0.05) is 11.7 Å². The Kier molecular flexibility index (Phi) is 3.16. The van der Waals surface area contributed by atoms with E-state index in [0.717, 1.165) is 0 Å². The Balaban J connectivity index is 0.000000171. The Hall–Kier alpha value is -1.46. The third-order valence-corrected chi connectivity index (χ3v) is 1.46. The van der Waals surface area contributed by atoms with E-state index in [4.69, 9.17) is 0 Å². The molecule has 0 saturated heterocycles. The molecule has 0 radical (unpaired) electrons. The predicted molar refractivity (Wildman–Crippen MR) is 48.5 cm³/mol. The van der Waals surface area contributed by atoms with Crippen molar-refractivity contribution in [2.24, 2.45) is 0 Å². The number of aromatic nitrogens is 1. The lowest BCUT2D eigenvalue weighted by Crippen LogP contribution is -2.02. The van der Waals surface area contributed by atoms with Gasteiger partial charge in [0.05, 0.1) is 0 Å². The highest BCUT2D eigenvalue weighted by Gasteiger charge is 2.20. The molecular weight excluding hydrogens is 197 g/mol. The molecule has 6 heteroatoms. The second-order valence-electron chi connectivity index (χ2n) is 2.56. The third-order valence-electron chi connectivity index (χ3n) is 1.46. The second-order valence-corrected chi connectivity index (χ2v) is 2.56. The Morgan fingerprint density at radius 2 is 1.50 bits per heavy atom. The van der Waals surface area contributed by atoms with Gasteiger partial charge in [0.1, 0.15) is 0 Å². The average molecular weight is 204 g/mol. The SMILES string of the molecule is F[B-](F)(F)F.c1ccc2[nH]ccc2c1. The summed E-state index contributed by atoms with van der Waals surface area (Å²) in [5, 5.41) is 1.28. The van der Waals surface area contributed by atoms with E-state index < -0.39 is 7.25 Å². The molecule has 2 rings (SSSR count). The van der Waals surface area contributed by atoms with Crippen molar-refractivity contribution < 1.29 is 17.3 Å². The lowest BCUT2D eigenvalue weighted by molar-refractivity contribution is 0.368. The van der Waals surface area contributed by atoms with Crippen LogP contribution in [-0.4, -0.2) is 12.2 Å². The third kappa shape index (κ3) is 3.98. The zero-order valence-corrected chi connectivity index (χ0v) is 7.05. The highest BCUT2D eigenvalue weighted by Crippen LogP contribution is 2.09. The first-order valence-corrected chi connectivity index (χ1v) is 3.86.